The summed E-state index contributed by atoms with van der Waals surface area (Å²) in [5, 5.41) is 30.8. The Bertz CT molecular complexity index is 1310. The molecule has 0 fully saturated rings. The van der Waals surface area contributed by atoms with E-state index in [-0.39, 0.29) is 18.6 Å². The molecule has 16 nitrogen and oxygen atoms in total. The van der Waals surface area contributed by atoms with Gasteiger partial charge in [0.1, 0.15) is 35.1 Å². The van der Waals surface area contributed by atoms with Gasteiger partial charge < -0.3 is 36.5 Å². The highest BCUT2D eigenvalue weighted by Crippen LogP contribution is 2.13. The van der Waals surface area contributed by atoms with Gasteiger partial charge in [-0.2, -0.15) is 42.6 Å². The molecule has 0 aliphatic carbocycles. The second-order valence-corrected chi connectivity index (χ2v) is 12.2. The first-order valence-corrected chi connectivity index (χ1v) is 15.0. The molecule has 1 rings (SSSR count). The van der Waals surface area contributed by atoms with Crippen LogP contribution in [0.4, 0.5) is 13.2 Å². The first-order valence-electron chi connectivity index (χ1n) is 11.2. The zero-order valence-corrected chi connectivity index (χ0v) is 23.7. The van der Waals surface area contributed by atoms with Crippen LogP contribution in [0.25, 0.3) is 0 Å². The quantitative estimate of drug-likeness (QED) is 0.0713. The Morgan fingerprint density at radius 3 is 1.74 bits per heavy atom. The van der Waals surface area contributed by atoms with Gasteiger partial charge in [0, 0.05) is 12.8 Å². The predicted octanol–water partition coefficient (Wildman–Crippen LogP) is -3.25. The molecule has 9 N–H and O–H groups in total. The molecule has 0 aliphatic heterocycles. The van der Waals surface area contributed by atoms with Crippen molar-refractivity contribution in [3.63, 3.8) is 0 Å². The molecule has 0 saturated carbocycles. The number of nitrogens with one attached hydrogen (secondary N) is 2. The lowest BCUT2D eigenvalue weighted by Crippen LogP contribution is -2.68. The van der Waals surface area contributed by atoms with Crippen LogP contribution in [0, 0.1) is 0 Å². The van der Waals surface area contributed by atoms with Crippen molar-refractivity contribution in [1.82, 2.24) is 10.6 Å². The van der Waals surface area contributed by atoms with Crippen molar-refractivity contribution in [2.24, 2.45) is 0 Å². The van der Waals surface area contributed by atoms with Crippen molar-refractivity contribution < 1.29 is 79.3 Å². The standard InChI is InChI=1S/C18H27N3O11S3.C2HF3O2/c19-12(5-7-34(27,28)29)15(33)17(24)21-14(9-10-1-3-11(22)4-2-10)16(23)20-13(18(25)26)6-8-35(30,31)32;3-2(4,5)1(6)7/h1-4,12-15,22,33H,5-9,19H2,(H,20,23)(H,21,24)(H,25,26)(H,27,28,29)(H,30,31,32);(H,6,7)/t12-,13+,14+,15-;/m1./s1. The summed E-state index contributed by atoms with van der Waals surface area (Å²) in [4.78, 5) is 45.7. The topological polar surface area (TPSA) is 292 Å². The molecule has 0 spiro atoms. The molecule has 240 valence electrons. The Kier molecular flexibility index (Phi) is 15.2. The van der Waals surface area contributed by atoms with Crippen LogP contribution < -0.4 is 21.5 Å². The van der Waals surface area contributed by atoms with Gasteiger partial charge in [0.05, 0.1) is 11.5 Å². The van der Waals surface area contributed by atoms with Crippen LogP contribution in [0.1, 0.15) is 18.4 Å². The van der Waals surface area contributed by atoms with Gasteiger partial charge in [-0.05, 0) is 24.1 Å². The van der Waals surface area contributed by atoms with E-state index >= 15 is 0 Å². The number of carbonyl (C=O) groups excluding carboxylic acids is 3. The summed E-state index contributed by atoms with van der Waals surface area (Å²) in [6.45, 7) is 0. The molecule has 0 bridgehead atoms. The predicted molar refractivity (Wildman–Crippen MR) is 136 cm³/mol. The molecule has 0 heterocycles. The molecular formula is C20H28F3N3O13S3. The van der Waals surface area contributed by atoms with Crippen LogP contribution in [0.3, 0.4) is 0 Å². The summed E-state index contributed by atoms with van der Waals surface area (Å²) in [5.74, 6) is -8.09. The average molecular weight is 672 g/mol. The monoisotopic (exact) mass is 671 g/mol. The number of phenols is 1. The Hall–Kier alpha value is -3.18. The lowest BCUT2D eigenvalue weighted by atomic mass is 10.0. The highest BCUT2D eigenvalue weighted by molar-refractivity contribution is 7.86. The van der Waals surface area contributed by atoms with Crippen LogP contribution in [0.15, 0.2) is 24.3 Å². The van der Waals surface area contributed by atoms with Crippen molar-refractivity contribution in [2.75, 3.05) is 11.5 Å². The number of quaternary nitrogens is 1. The Labute approximate surface area is 242 Å². The fraction of sp³-hybridized carbons (Fsp3) is 0.500. The van der Waals surface area contributed by atoms with Gasteiger partial charge >= 0.3 is 12.1 Å². The minimum absolute atomic E-state index is 0.0656. The Morgan fingerprint density at radius 1 is 0.905 bits per heavy atom. The second-order valence-electron chi connectivity index (χ2n) is 8.47. The molecule has 1 aromatic rings. The minimum atomic E-state index is -5.19. The third-order valence-electron chi connectivity index (χ3n) is 4.98. The van der Waals surface area contributed by atoms with E-state index in [9.17, 15) is 54.6 Å². The van der Waals surface area contributed by atoms with Gasteiger partial charge in [0.25, 0.3) is 20.2 Å². The van der Waals surface area contributed by atoms with E-state index < -0.39 is 91.5 Å². The van der Waals surface area contributed by atoms with Crippen LogP contribution in [-0.4, -0.2) is 101 Å². The van der Waals surface area contributed by atoms with Gasteiger partial charge in [-0.3, -0.25) is 18.7 Å². The zero-order chi connectivity index (χ0) is 33.1. The van der Waals surface area contributed by atoms with Crippen LogP contribution in [-0.2, 0) is 45.8 Å². The number of aliphatic carboxylic acids is 2. The SMILES string of the molecule is O=C([O-])C(F)(F)F.[NH3+][C@H](CCS(=O)(=O)O)[C@@H](S)C(=O)N[C@@H](Cc1ccc(O)cc1)C(=O)N[C@@H](CCS(=O)(=O)O)C(=O)O. The van der Waals surface area contributed by atoms with Gasteiger partial charge in [-0.15, -0.1) is 0 Å². The molecule has 0 unspecified atom stereocenters. The van der Waals surface area contributed by atoms with Crippen LogP contribution >= 0.6 is 12.6 Å². The number of carbonyl (C=O) groups is 4. The van der Waals surface area contributed by atoms with Gasteiger partial charge in [0.15, 0.2) is 0 Å². The number of carboxylic acids is 2. The summed E-state index contributed by atoms with van der Waals surface area (Å²) in [6.07, 6.45) is -6.23. The number of halogens is 3. The summed E-state index contributed by atoms with van der Waals surface area (Å²) < 4.78 is 93.0. The van der Waals surface area contributed by atoms with E-state index in [1.165, 1.54) is 24.3 Å². The number of alkyl halides is 3. The second kappa shape index (κ2) is 16.5. The lowest BCUT2D eigenvalue weighted by Gasteiger charge is -2.23. The van der Waals surface area contributed by atoms with Crippen LogP contribution in [0.5, 0.6) is 5.75 Å². The molecule has 0 aliphatic rings. The van der Waals surface area contributed by atoms with Crippen molar-refractivity contribution in [3.05, 3.63) is 29.8 Å². The molecule has 0 saturated heterocycles. The molecule has 2 amide bonds. The minimum Gasteiger partial charge on any atom is -0.542 e. The third kappa shape index (κ3) is 16.9. The number of carboxylic acid groups (broad SMARTS) is 2. The number of amides is 2. The largest absolute Gasteiger partial charge is 0.542 e. The first kappa shape index (κ1) is 38.8. The maximum atomic E-state index is 12.8. The van der Waals surface area contributed by atoms with Gasteiger partial charge in [-0.25, -0.2) is 4.79 Å². The van der Waals surface area contributed by atoms with Gasteiger partial charge in [0.2, 0.25) is 11.8 Å². The van der Waals surface area contributed by atoms with Gasteiger partial charge in [-0.1, -0.05) is 12.1 Å². The van der Waals surface area contributed by atoms with Crippen molar-refractivity contribution in [3.8, 4) is 5.75 Å². The number of rotatable bonds is 14. The van der Waals surface area contributed by atoms with E-state index in [1.54, 1.807) is 0 Å². The highest BCUT2D eigenvalue weighted by Gasteiger charge is 2.32. The molecular weight excluding hydrogens is 643 g/mol. The molecule has 0 aromatic heterocycles. The summed E-state index contributed by atoms with van der Waals surface area (Å²) in [7, 11) is -8.81. The summed E-state index contributed by atoms with van der Waals surface area (Å²) in [6, 6.07) is 1.56. The number of hydrogen-bond acceptors (Lipinski definition) is 11. The number of phenolic OH excluding ortho intramolecular Hbond substituents is 1. The third-order valence-corrected chi connectivity index (χ3v) is 7.14. The van der Waals surface area contributed by atoms with E-state index in [1.807, 2.05) is 0 Å². The maximum absolute atomic E-state index is 12.8. The number of benzene rings is 1. The molecule has 22 heteroatoms. The highest BCUT2D eigenvalue weighted by atomic mass is 32.2. The van der Waals surface area contributed by atoms with Crippen LogP contribution in [0.2, 0.25) is 0 Å². The first-order chi connectivity index (χ1) is 18.9. The summed E-state index contributed by atoms with van der Waals surface area (Å²) >= 11 is 4.10. The van der Waals surface area contributed by atoms with E-state index in [2.05, 4.69) is 29.0 Å². The smallest absolute Gasteiger partial charge is 0.430 e. The average Bonchev–Trinajstić information content (AvgIpc) is 2.83. The number of hydrogen-bond donors (Lipinski definition) is 8. The van der Waals surface area contributed by atoms with E-state index in [0.717, 1.165) is 0 Å². The Morgan fingerprint density at radius 2 is 1.33 bits per heavy atom. The normalized spacial score (nSPS) is 14.7. The van der Waals surface area contributed by atoms with Crippen molar-refractivity contribution in [2.45, 2.75) is 48.8 Å². The molecule has 4 atom stereocenters. The Balaban J connectivity index is 0.00000212. The lowest BCUT2D eigenvalue weighted by molar-refractivity contribution is -0.416. The maximum Gasteiger partial charge on any atom is 0.430 e. The number of aromatic hydroxyl groups is 1. The summed E-state index contributed by atoms with van der Waals surface area (Å²) in [5.41, 5.74) is 4.09. The van der Waals surface area contributed by atoms with Crippen molar-refractivity contribution in [1.29, 1.82) is 0 Å². The zero-order valence-electron chi connectivity index (χ0n) is 21.2. The fourth-order valence-electron chi connectivity index (χ4n) is 2.80. The van der Waals surface area contributed by atoms with E-state index in [4.69, 9.17) is 19.0 Å². The fourth-order valence-corrected chi connectivity index (χ4v) is 4.16. The molecule has 0 radical (unpaired) electrons. The number of thiol groups is 1. The van der Waals surface area contributed by atoms with E-state index in [0.29, 0.717) is 5.56 Å². The molecule has 1 aromatic carbocycles. The van der Waals surface area contributed by atoms with Crippen molar-refractivity contribution >= 4 is 56.6 Å². The molecule has 42 heavy (non-hydrogen) atoms.